The smallest absolute Gasteiger partial charge is 0.0312 e. The summed E-state index contributed by atoms with van der Waals surface area (Å²) >= 11 is 0. The van der Waals surface area contributed by atoms with Crippen molar-refractivity contribution in [3.8, 4) is 0 Å². The van der Waals surface area contributed by atoms with Crippen LogP contribution in [0.3, 0.4) is 0 Å². The van der Waals surface area contributed by atoms with Gasteiger partial charge in [0.15, 0.2) is 0 Å². The van der Waals surface area contributed by atoms with E-state index in [1.54, 1.807) is 0 Å². The van der Waals surface area contributed by atoms with E-state index in [2.05, 4.69) is 42.0 Å². The van der Waals surface area contributed by atoms with Crippen molar-refractivity contribution in [2.24, 2.45) is 0 Å². The van der Waals surface area contributed by atoms with E-state index in [-0.39, 0.29) is 0 Å². The van der Waals surface area contributed by atoms with E-state index in [1.165, 1.54) is 5.56 Å². The van der Waals surface area contributed by atoms with E-state index < -0.39 is 0 Å². The number of hydrogen-bond acceptors (Lipinski definition) is 3. The molecule has 1 atom stereocenters. The van der Waals surface area contributed by atoms with Crippen molar-refractivity contribution in [3.63, 3.8) is 0 Å². The average molecular weight is 221 g/mol. The van der Waals surface area contributed by atoms with Crippen LogP contribution in [0.25, 0.3) is 0 Å². The van der Waals surface area contributed by atoms with Gasteiger partial charge in [-0.25, -0.2) is 0 Å². The third-order valence-electron chi connectivity index (χ3n) is 2.93. The zero-order chi connectivity index (χ0) is 11.8. The van der Waals surface area contributed by atoms with Gasteiger partial charge in [-0.05, 0) is 31.6 Å². The Hall–Kier alpha value is -0.930. The first-order chi connectivity index (χ1) is 7.77. The highest BCUT2D eigenvalue weighted by atomic mass is 15.2. The average Bonchev–Trinajstić information content (AvgIpc) is 2.32. The van der Waals surface area contributed by atoms with Crippen LogP contribution < -0.4 is 5.32 Å². The summed E-state index contributed by atoms with van der Waals surface area (Å²) in [5, 5.41) is 3.47. The van der Waals surface area contributed by atoms with Crippen LogP contribution in [0.4, 0.5) is 0 Å². The van der Waals surface area contributed by atoms with Crippen molar-refractivity contribution in [2.45, 2.75) is 33.4 Å². The lowest BCUT2D eigenvalue weighted by molar-refractivity contribution is 0.225. The lowest BCUT2D eigenvalue weighted by atomic mass is 10.2. The van der Waals surface area contributed by atoms with Gasteiger partial charge < -0.3 is 5.32 Å². The first kappa shape index (κ1) is 13.1. The standard InChI is InChI=1S/C13H23N3/c1-4-16(5-2)12(3)9-15-11-13-7-6-8-14-10-13/h6-8,10,12,15H,4-5,9,11H2,1-3H3. The molecule has 0 saturated carbocycles. The summed E-state index contributed by atoms with van der Waals surface area (Å²) in [6.07, 6.45) is 3.72. The molecule has 1 rings (SSSR count). The maximum Gasteiger partial charge on any atom is 0.0312 e. The lowest BCUT2D eigenvalue weighted by Gasteiger charge is -2.26. The van der Waals surface area contributed by atoms with Gasteiger partial charge in [-0.3, -0.25) is 9.88 Å². The van der Waals surface area contributed by atoms with Crippen LogP contribution in [0.1, 0.15) is 26.3 Å². The van der Waals surface area contributed by atoms with E-state index in [0.717, 1.165) is 26.2 Å². The summed E-state index contributed by atoms with van der Waals surface area (Å²) in [6.45, 7) is 10.8. The third kappa shape index (κ3) is 4.29. The summed E-state index contributed by atoms with van der Waals surface area (Å²) in [6, 6.07) is 4.67. The van der Waals surface area contributed by atoms with Crippen LogP contribution in [-0.2, 0) is 6.54 Å². The molecular weight excluding hydrogens is 198 g/mol. The Morgan fingerprint density at radius 3 is 2.69 bits per heavy atom. The maximum atomic E-state index is 4.10. The fraction of sp³-hybridized carbons (Fsp3) is 0.615. The Balaban J connectivity index is 2.25. The van der Waals surface area contributed by atoms with Crippen molar-refractivity contribution >= 4 is 0 Å². The third-order valence-corrected chi connectivity index (χ3v) is 2.93. The van der Waals surface area contributed by atoms with Crippen LogP contribution in [0.2, 0.25) is 0 Å². The second-order valence-corrected chi connectivity index (χ2v) is 4.06. The zero-order valence-electron chi connectivity index (χ0n) is 10.6. The largest absolute Gasteiger partial charge is 0.311 e. The molecule has 0 aliphatic heterocycles. The molecule has 0 spiro atoms. The molecular formula is C13H23N3. The highest BCUT2D eigenvalue weighted by molar-refractivity contribution is 5.07. The lowest BCUT2D eigenvalue weighted by Crippen LogP contribution is -2.39. The van der Waals surface area contributed by atoms with Crippen molar-refractivity contribution in [3.05, 3.63) is 30.1 Å². The molecule has 1 aromatic heterocycles. The molecule has 0 bridgehead atoms. The first-order valence-electron chi connectivity index (χ1n) is 6.11. The fourth-order valence-corrected chi connectivity index (χ4v) is 1.90. The van der Waals surface area contributed by atoms with Crippen molar-refractivity contribution in [1.29, 1.82) is 0 Å². The molecule has 0 fully saturated rings. The quantitative estimate of drug-likeness (QED) is 0.762. The number of nitrogens with zero attached hydrogens (tertiary/aromatic N) is 2. The molecule has 0 aromatic carbocycles. The van der Waals surface area contributed by atoms with Crippen molar-refractivity contribution < 1.29 is 0 Å². The minimum Gasteiger partial charge on any atom is -0.311 e. The fourth-order valence-electron chi connectivity index (χ4n) is 1.90. The maximum absolute atomic E-state index is 4.10. The summed E-state index contributed by atoms with van der Waals surface area (Å²) in [4.78, 5) is 6.55. The first-order valence-corrected chi connectivity index (χ1v) is 6.11. The molecule has 90 valence electrons. The van der Waals surface area contributed by atoms with E-state index >= 15 is 0 Å². The van der Waals surface area contributed by atoms with Gasteiger partial charge in [0.05, 0.1) is 0 Å². The Morgan fingerprint density at radius 1 is 1.38 bits per heavy atom. The topological polar surface area (TPSA) is 28.2 Å². The molecule has 1 N–H and O–H groups in total. The second-order valence-electron chi connectivity index (χ2n) is 4.06. The van der Waals surface area contributed by atoms with Gasteiger partial charge in [0, 0.05) is 31.5 Å². The van der Waals surface area contributed by atoms with Gasteiger partial charge in [-0.15, -0.1) is 0 Å². The number of pyridine rings is 1. The monoisotopic (exact) mass is 221 g/mol. The minimum atomic E-state index is 0.590. The Kier molecular flexibility index (Phi) is 6.04. The van der Waals surface area contributed by atoms with Crippen LogP contribution in [0.5, 0.6) is 0 Å². The number of aromatic nitrogens is 1. The van der Waals surface area contributed by atoms with Gasteiger partial charge in [-0.2, -0.15) is 0 Å². The molecule has 16 heavy (non-hydrogen) atoms. The number of rotatable bonds is 7. The number of likely N-dealkylation sites (N-methyl/N-ethyl adjacent to an activating group) is 1. The minimum absolute atomic E-state index is 0.590. The summed E-state index contributed by atoms with van der Waals surface area (Å²) < 4.78 is 0. The van der Waals surface area contributed by atoms with E-state index in [1.807, 2.05) is 18.5 Å². The molecule has 1 heterocycles. The molecule has 1 unspecified atom stereocenters. The summed E-state index contributed by atoms with van der Waals surface area (Å²) in [7, 11) is 0. The molecule has 0 amide bonds. The second kappa shape index (κ2) is 7.36. The summed E-state index contributed by atoms with van der Waals surface area (Å²) in [5.74, 6) is 0. The molecule has 0 aliphatic carbocycles. The Bertz CT molecular complexity index is 270. The molecule has 0 radical (unpaired) electrons. The van der Waals surface area contributed by atoms with Gasteiger partial charge in [0.2, 0.25) is 0 Å². The Labute approximate surface area is 98.9 Å². The molecule has 3 nitrogen and oxygen atoms in total. The number of nitrogens with one attached hydrogen (secondary N) is 1. The van der Waals surface area contributed by atoms with Crippen molar-refractivity contribution in [2.75, 3.05) is 19.6 Å². The van der Waals surface area contributed by atoms with Crippen LogP contribution in [0, 0.1) is 0 Å². The summed E-state index contributed by atoms with van der Waals surface area (Å²) in [5.41, 5.74) is 1.24. The van der Waals surface area contributed by atoms with Gasteiger partial charge in [0.25, 0.3) is 0 Å². The highest BCUT2D eigenvalue weighted by Crippen LogP contribution is 1.98. The van der Waals surface area contributed by atoms with Gasteiger partial charge >= 0.3 is 0 Å². The molecule has 0 aliphatic rings. The predicted molar refractivity (Wildman–Crippen MR) is 68.3 cm³/mol. The van der Waals surface area contributed by atoms with Gasteiger partial charge in [-0.1, -0.05) is 19.9 Å². The highest BCUT2D eigenvalue weighted by Gasteiger charge is 2.08. The zero-order valence-corrected chi connectivity index (χ0v) is 10.6. The van der Waals surface area contributed by atoms with Crippen LogP contribution >= 0.6 is 0 Å². The predicted octanol–water partition coefficient (Wildman–Crippen LogP) is 1.90. The van der Waals surface area contributed by atoms with Crippen LogP contribution in [-0.4, -0.2) is 35.6 Å². The Morgan fingerprint density at radius 2 is 2.12 bits per heavy atom. The van der Waals surface area contributed by atoms with Crippen LogP contribution in [0.15, 0.2) is 24.5 Å². The number of hydrogen-bond donors (Lipinski definition) is 1. The molecule has 3 heteroatoms. The van der Waals surface area contributed by atoms with E-state index in [0.29, 0.717) is 6.04 Å². The van der Waals surface area contributed by atoms with Gasteiger partial charge in [0.1, 0.15) is 0 Å². The molecule has 0 saturated heterocycles. The van der Waals surface area contributed by atoms with Crippen molar-refractivity contribution in [1.82, 2.24) is 15.2 Å². The molecule has 1 aromatic rings. The van der Waals surface area contributed by atoms with E-state index in [9.17, 15) is 0 Å². The normalized spacial score (nSPS) is 13.0. The van der Waals surface area contributed by atoms with E-state index in [4.69, 9.17) is 0 Å². The SMILES string of the molecule is CCN(CC)C(C)CNCc1cccnc1.